The molecule has 0 unspecified atom stereocenters. The molecule has 5 nitrogen and oxygen atoms in total. The van der Waals surface area contributed by atoms with Gasteiger partial charge in [-0.25, -0.2) is 4.99 Å². The van der Waals surface area contributed by atoms with Gasteiger partial charge >= 0.3 is 0 Å². The van der Waals surface area contributed by atoms with Crippen LogP contribution in [0.5, 0.6) is 11.5 Å². The van der Waals surface area contributed by atoms with E-state index >= 15 is 0 Å². The first-order chi connectivity index (χ1) is 19.4. The first kappa shape index (κ1) is 30.5. The highest BCUT2D eigenvalue weighted by Crippen LogP contribution is 2.41. The van der Waals surface area contributed by atoms with Crippen LogP contribution in [0, 0.1) is 0 Å². The topological polar surface area (TPSA) is 51.1 Å². The third-order valence-electron chi connectivity index (χ3n) is 6.24. The second-order valence-corrected chi connectivity index (χ2v) is 12.0. The van der Waals surface area contributed by atoms with Gasteiger partial charge < -0.3 is 9.47 Å². The van der Waals surface area contributed by atoms with Gasteiger partial charge in [0.15, 0.2) is 16.7 Å². The number of aliphatic imine (C=N–C) groups is 1. The van der Waals surface area contributed by atoms with Crippen LogP contribution in [0.15, 0.2) is 75.0 Å². The standard InChI is InChI=1S/C31H31BrCl2N2O3S/c1-3-4-5-6-7-8-17-39-29-26(32)18-21(19-27(29)38-2)20-28-30(37)36(25-15-11-23(34)12-16-25)31(40-28)35-24-13-9-22(33)10-14-24/h9-16,18-20H,3-8,17H2,1-2H3/b28-20+,35-31?. The number of amides is 1. The van der Waals surface area contributed by atoms with Gasteiger partial charge in [-0.1, -0.05) is 62.2 Å². The van der Waals surface area contributed by atoms with E-state index in [1.165, 1.54) is 37.4 Å². The Morgan fingerprint density at radius 2 is 1.60 bits per heavy atom. The Balaban J connectivity index is 1.58. The third-order valence-corrected chi connectivity index (χ3v) is 8.30. The summed E-state index contributed by atoms with van der Waals surface area (Å²) >= 11 is 17.1. The molecular formula is C31H31BrCl2N2O3S. The molecule has 3 aromatic rings. The molecule has 210 valence electrons. The van der Waals surface area contributed by atoms with Gasteiger partial charge in [-0.15, -0.1) is 0 Å². The van der Waals surface area contributed by atoms with Crippen molar-refractivity contribution in [2.24, 2.45) is 4.99 Å². The zero-order valence-corrected chi connectivity index (χ0v) is 26.4. The fraction of sp³-hybridized carbons (Fsp3) is 0.290. The maximum Gasteiger partial charge on any atom is 0.271 e. The molecule has 0 aromatic heterocycles. The summed E-state index contributed by atoms with van der Waals surface area (Å²) in [6.45, 7) is 2.84. The van der Waals surface area contributed by atoms with Gasteiger partial charge in [0.1, 0.15) is 0 Å². The minimum Gasteiger partial charge on any atom is -0.493 e. The molecule has 4 rings (SSSR count). The first-order valence-corrected chi connectivity index (χ1v) is 15.6. The van der Waals surface area contributed by atoms with E-state index in [2.05, 4.69) is 22.9 Å². The number of halogens is 3. The number of methoxy groups -OCH3 is 1. The molecule has 0 saturated carbocycles. The van der Waals surface area contributed by atoms with Crippen LogP contribution in [-0.4, -0.2) is 24.8 Å². The second kappa shape index (κ2) is 15.0. The minimum atomic E-state index is -0.182. The summed E-state index contributed by atoms with van der Waals surface area (Å²) in [5.74, 6) is 1.09. The predicted octanol–water partition coefficient (Wildman–Crippen LogP) is 10.3. The van der Waals surface area contributed by atoms with E-state index in [1.54, 1.807) is 48.4 Å². The summed E-state index contributed by atoms with van der Waals surface area (Å²) in [4.78, 5) is 20.5. The van der Waals surface area contributed by atoms with E-state index in [0.29, 0.717) is 49.6 Å². The van der Waals surface area contributed by atoms with Crippen molar-refractivity contribution in [3.05, 3.63) is 85.7 Å². The molecule has 1 fully saturated rings. The number of unbranched alkanes of at least 4 members (excludes halogenated alkanes) is 5. The highest BCUT2D eigenvalue weighted by Gasteiger charge is 2.35. The second-order valence-electron chi connectivity index (χ2n) is 9.25. The van der Waals surface area contributed by atoms with Crippen LogP contribution in [0.2, 0.25) is 10.0 Å². The maximum absolute atomic E-state index is 13.7. The molecule has 1 aliphatic rings. The zero-order valence-electron chi connectivity index (χ0n) is 22.5. The molecule has 0 bridgehead atoms. The van der Waals surface area contributed by atoms with Gasteiger partial charge in [0.25, 0.3) is 5.91 Å². The number of hydrogen-bond acceptors (Lipinski definition) is 5. The van der Waals surface area contributed by atoms with Gasteiger partial charge in [-0.3, -0.25) is 9.69 Å². The third kappa shape index (κ3) is 8.06. The molecule has 1 heterocycles. The number of anilines is 1. The lowest BCUT2D eigenvalue weighted by atomic mass is 10.1. The van der Waals surface area contributed by atoms with Gasteiger partial charge in [0, 0.05) is 10.0 Å². The Morgan fingerprint density at radius 1 is 0.950 bits per heavy atom. The van der Waals surface area contributed by atoms with E-state index in [1.807, 2.05) is 30.3 Å². The average Bonchev–Trinajstić information content (AvgIpc) is 3.24. The van der Waals surface area contributed by atoms with Gasteiger partial charge in [-0.2, -0.15) is 0 Å². The molecule has 0 aliphatic carbocycles. The highest BCUT2D eigenvalue weighted by molar-refractivity contribution is 9.10. The Hall–Kier alpha value is -2.45. The Morgan fingerprint density at radius 3 is 2.27 bits per heavy atom. The van der Waals surface area contributed by atoms with Crippen LogP contribution in [0.1, 0.15) is 51.0 Å². The molecule has 9 heteroatoms. The van der Waals surface area contributed by atoms with Crippen LogP contribution in [0.25, 0.3) is 6.08 Å². The van der Waals surface area contributed by atoms with Crippen molar-refractivity contribution in [1.82, 2.24) is 0 Å². The first-order valence-electron chi connectivity index (χ1n) is 13.2. The van der Waals surface area contributed by atoms with Crippen LogP contribution in [0.3, 0.4) is 0 Å². The Bertz CT molecular complexity index is 1380. The monoisotopic (exact) mass is 660 g/mol. The van der Waals surface area contributed by atoms with Crippen LogP contribution >= 0.6 is 50.9 Å². The molecule has 1 aliphatic heterocycles. The summed E-state index contributed by atoms with van der Waals surface area (Å²) in [6, 6.07) is 18.1. The summed E-state index contributed by atoms with van der Waals surface area (Å²) in [5, 5.41) is 1.74. The number of benzene rings is 3. The van der Waals surface area contributed by atoms with Crippen LogP contribution < -0.4 is 14.4 Å². The molecular weight excluding hydrogens is 631 g/mol. The SMILES string of the molecule is CCCCCCCCOc1c(Br)cc(/C=C2/SC(=Nc3ccc(Cl)cc3)N(c3ccc(Cl)cc3)C2=O)cc1OC. The smallest absolute Gasteiger partial charge is 0.271 e. The molecule has 40 heavy (non-hydrogen) atoms. The summed E-state index contributed by atoms with van der Waals surface area (Å²) in [7, 11) is 1.62. The van der Waals surface area contributed by atoms with Crippen molar-refractivity contribution in [2.75, 3.05) is 18.6 Å². The molecule has 0 spiro atoms. The van der Waals surface area contributed by atoms with E-state index in [4.69, 9.17) is 37.7 Å². The van der Waals surface area contributed by atoms with Crippen molar-refractivity contribution in [2.45, 2.75) is 45.4 Å². The van der Waals surface area contributed by atoms with E-state index in [0.717, 1.165) is 22.9 Å². The van der Waals surface area contributed by atoms with E-state index < -0.39 is 0 Å². The van der Waals surface area contributed by atoms with Crippen molar-refractivity contribution < 1.29 is 14.3 Å². The lowest BCUT2D eigenvalue weighted by molar-refractivity contribution is -0.113. The quantitative estimate of drug-likeness (QED) is 0.143. The number of carbonyl (C=O) groups is 1. The largest absolute Gasteiger partial charge is 0.493 e. The molecule has 1 saturated heterocycles. The number of rotatable bonds is 12. The fourth-order valence-electron chi connectivity index (χ4n) is 4.16. The van der Waals surface area contributed by atoms with Gasteiger partial charge in [0.2, 0.25) is 0 Å². The van der Waals surface area contributed by atoms with E-state index in [9.17, 15) is 4.79 Å². The van der Waals surface area contributed by atoms with E-state index in [-0.39, 0.29) is 5.91 Å². The fourth-order valence-corrected chi connectivity index (χ4v) is 5.99. The maximum atomic E-state index is 13.7. The Kier molecular flexibility index (Phi) is 11.4. The van der Waals surface area contributed by atoms with Crippen molar-refractivity contribution in [1.29, 1.82) is 0 Å². The van der Waals surface area contributed by atoms with Gasteiger partial charge in [0.05, 0.1) is 34.5 Å². The number of amidine groups is 1. The van der Waals surface area contributed by atoms with Gasteiger partial charge in [-0.05, 0) is 106 Å². The lowest BCUT2D eigenvalue weighted by Gasteiger charge is -2.15. The number of nitrogens with zero attached hydrogens (tertiary/aromatic N) is 2. The summed E-state index contributed by atoms with van der Waals surface area (Å²) in [5.41, 5.74) is 2.17. The molecule has 0 N–H and O–H groups in total. The zero-order chi connectivity index (χ0) is 28.5. The average molecular weight is 662 g/mol. The lowest BCUT2D eigenvalue weighted by Crippen LogP contribution is -2.28. The summed E-state index contributed by atoms with van der Waals surface area (Å²) < 4.78 is 12.5. The Labute approximate surface area is 258 Å². The summed E-state index contributed by atoms with van der Waals surface area (Å²) in [6.07, 6.45) is 8.99. The van der Waals surface area contributed by atoms with Crippen LogP contribution in [0.4, 0.5) is 11.4 Å². The van der Waals surface area contributed by atoms with Crippen molar-refractivity contribution >= 4 is 79.4 Å². The number of carbonyl (C=O) groups excluding carboxylic acids is 1. The molecule has 3 aromatic carbocycles. The molecule has 1 amide bonds. The van der Waals surface area contributed by atoms with Crippen LogP contribution in [-0.2, 0) is 4.79 Å². The predicted molar refractivity (Wildman–Crippen MR) is 173 cm³/mol. The number of ether oxygens (including phenoxy) is 2. The highest BCUT2D eigenvalue weighted by atomic mass is 79.9. The number of hydrogen-bond donors (Lipinski definition) is 0. The minimum absolute atomic E-state index is 0.182. The van der Waals surface area contributed by atoms with Crippen molar-refractivity contribution in [3.63, 3.8) is 0 Å². The molecule has 0 radical (unpaired) electrons. The van der Waals surface area contributed by atoms with Crippen molar-refractivity contribution in [3.8, 4) is 11.5 Å². The normalized spacial score (nSPS) is 15.3. The number of thioether (sulfide) groups is 1. The molecule has 0 atom stereocenters.